The van der Waals surface area contributed by atoms with Crippen LogP contribution in [0.4, 0.5) is 0 Å². The minimum absolute atomic E-state index is 0.141. The van der Waals surface area contributed by atoms with Gasteiger partial charge in [0.05, 0.1) is 11.9 Å². The van der Waals surface area contributed by atoms with Crippen LogP contribution < -0.4 is 5.32 Å². The molecule has 1 N–H and O–H groups in total. The third-order valence-corrected chi connectivity index (χ3v) is 2.75. The van der Waals surface area contributed by atoms with Crippen molar-refractivity contribution in [1.29, 1.82) is 0 Å². The van der Waals surface area contributed by atoms with E-state index in [1.807, 2.05) is 17.9 Å². The summed E-state index contributed by atoms with van der Waals surface area (Å²) in [6.07, 6.45) is 4.09. The third kappa shape index (κ3) is 3.02. The summed E-state index contributed by atoms with van der Waals surface area (Å²) in [5.74, 6) is 0. The number of aryl methyl sites for hydroxylation is 1. The molecule has 0 fully saturated rings. The lowest BCUT2D eigenvalue weighted by Gasteiger charge is -2.24. The fourth-order valence-electron chi connectivity index (χ4n) is 1.72. The number of rotatable bonds is 6. The zero-order chi connectivity index (χ0) is 11.3. The molecule has 1 heterocycles. The first kappa shape index (κ1) is 12.2. The van der Waals surface area contributed by atoms with Gasteiger partial charge >= 0.3 is 0 Å². The summed E-state index contributed by atoms with van der Waals surface area (Å²) in [6.45, 7) is 8.62. The van der Waals surface area contributed by atoms with Crippen LogP contribution in [-0.4, -0.2) is 28.6 Å². The molecular weight excluding hydrogens is 188 g/mol. The Bertz CT molecular complexity index is 291. The zero-order valence-corrected chi connectivity index (χ0v) is 10.2. The molecule has 1 aromatic heterocycles. The van der Waals surface area contributed by atoms with E-state index >= 15 is 0 Å². The van der Waals surface area contributed by atoms with E-state index in [4.69, 9.17) is 0 Å². The molecule has 0 aliphatic carbocycles. The molecule has 1 aromatic rings. The van der Waals surface area contributed by atoms with E-state index < -0.39 is 0 Å². The Kier molecular flexibility index (Phi) is 4.27. The molecule has 0 saturated heterocycles. The van der Waals surface area contributed by atoms with Crippen LogP contribution in [0.25, 0.3) is 0 Å². The summed E-state index contributed by atoms with van der Waals surface area (Å²) in [7, 11) is 1.98. The summed E-state index contributed by atoms with van der Waals surface area (Å²) in [6, 6.07) is 0. The van der Waals surface area contributed by atoms with Crippen LogP contribution in [0.5, 0.6) is 0 Å². The van der Waals surface area contributed by atoms with Gasteiger partial charge in [0, 0.05) is 12.0 Å². The van der Waals surface area contributed by atoms with Crippen molar-refractivity contribution in [1.82, 2.24) is 20.3 Å². The monoisotopic (exact) mass is 210 g/mol. The van der Waals surface area contributed by atoms with Gasteiger partial charge in [-0.05, 0) is 26.4 Å². The summed E-state index contributed by atoms with van der Waals surface area (Å²) >= 11 is 0. The van der Waals surface area contributed by atoms with Gasteiger partial charge in [-0.1, -0.05) is 26.0 Å². The molecule has 15 heavy (non-hydrogen) atoms. The third-order valence-electron chi connectivity index (χ3n) is 2.75. The average molecular weight is 210 g/mol. The van der Waals surface area contributed by atoms with Gasteiger partial charge in [0.25, 0.3) is 0 Å². The molecule has 0 unspecified atom stereocenters. The highest BCUT2D eigenvalue weighted by molar-refractivity contribution is 5.10. The Hall–Kier alpha value is -0.900. The van der Waals surface area contributed by atoms with E-state index in [0.29, 0.717) is 0 Å². The van der Waals surface area contributed by atoms with Crippen molar-refractivity contribution >= 4 is 0 Å². The summed E-state index contributed by atoms with van der Waals surface area (Å²) in [5, 5.41) is 11.3. The first-order valence-electron chi connectivity index (χ1n) is 5.65. The van der Waals surface area contributed by atoms with Gasteiger partial charge in [-0.25, -0.2) is 4.68 Å². The first-order valence-corrected chi connectivity index (χ1v) is 5.65. The summed E-state index contributed by atoms with van der Waals surface area (Å²) in [5.41, 5.74) is 1.38. The minimum atomic E-state index is 0.141. The van der Waals surface area contributed by atoms with E-state index in [9.17, 15) is 0 Å². The number of nitrogens with one attached hydrogen (secondary N) is 1. The lowest BCUT2D eigenvalue weighted by atomic mass is 9.86. The van der Waals surface area contributed by atoms with Crippen LogP contribution in [0.15, 0.2) is 6.20 Å². The topological polar surface area (TPSA) is 42.7 Å². The lowest BCUT2D eigenvalue weighted by molar-refractivity contribution is 0.414. The van der Waals surface area contributed by atoms with Crippen molar-refractivity contribution in [3.63, 3.8) is 0 Å². The van der Waals surface area contributed by atoms with Crippen LogP contribution in [-0.2, 0) is 12.0 Å². The van der Waals surface area contributed by atoms with Crippen molar-refractivity contribution in [2.24, 2.45) is 0 Å². The number of aromatic nitrogens is 3. The summed E-state index contributed by atoms with van der Waals surface area (Å²) < 4.78 is 2.02. The molecule has 4 heteroatoms. The van der Waals surface area contributed by atoms with Crippen molar-refractivity contribution in [3.8, 4) is 0 Å². The smallest absolute Gasteiger partial charge is 0.0730 e. The molecule has 0 saturated carbocycles. The highest BCUT2D eigenvalue weighted by Gasteiger charge is 2.24. The van der Waals surface area contributed by atoms with Gasteiger partial charge < -0.3 is 5.32 Å². The molecule has 0 aromatic carbocycles. The maximum absolute atomic E-state index is 4.13. The van der Waals surface area contributed by atoms with E-state index in [0.717, 1.165) is 25.9 Å². The Morgan fingerprint density at radius 2 is 2.20 bits per heavy atom. The second kappa shape index (κ2) is 5.26. The van der Waals surface area contributed by atoms with Gasteiger partial charge in [-0.2, -0.15) is 0 Å². The maximum Gasteiger partial charge on any atom is 0.0730 e. The van der Waals surface area contributed by atoms with Gasteiger partial charge in [0.2, 0.25) is 0 Å². The van der Waals surface area contributed by atoms with Crippen molar-refractivity contribution in [2.45, 2.75) is 45.6 Å². The Morgan fingerprint density at radius 3 is 2.80 bits per heavy atom. The normalized spacial score (nSPS) is 12.0. The zero-order valence-electron chi connectivity index (χ0n) is 10.2. The molecule has 0 atom stereocenters. The molecule has 4 nitrogen and oxygen atoms in total. The lowest BCUT2D eigenvalue weighted by Crippen LogP contribution is -2.26. The summed E-state index contributed by atoms with van der Waals surface area (Å²) in [4.78, 5) is 0. The molecule has 0 aliphatic heterocycles. The Balaban J connectivity index is 2.78. The second-order valence-electron chi connectivity index (χ2n) is 4.58. The van der Waals surface area contributed by atoms with E-state index in [1.165, 1.54) is 5.69 Å². The predicted octanol–water partition coefficient (Wildman–Crippen LogP) is 1.58. The molecule has 0 radical (unpaired) electrons. The van der Waals surface area contributed by atoms with Crippen LogP contribution in [0.2, 0.25) is 0 Å². The fourth-order valence-corrected chi connectivity index (χ4v) is 1.72. The maximum atomic E-state index is 4.13. The van der Waals surface area contributed by atoms with Crippen LogP contribution in [0.3, 0.4) is 0 Å². The van der Waals surface area contributed by atoms with Crippen LogP contribution >= 0.6 is 0 Å². The largest absolute Gasteiger partial charge is 0.320 e. The predicted molar refractivity (Wildman–Crippen MR) is 61.9 cm³/mol. The fraction of sp³-hybridized carbons (Fsp3) is 0.818. The molecule has 86 valence electrons. The minimum Gasteiger partial charge on any atom is -0.320 e. The first-order chi connectivity index (χ1) is 7.11. The van der Waals surface area contributed by atoms with Gasteiger partial charge in [0.1, 0.15) is 0 Å². The number of nitrogens with zero attached hydrogens (tertiary/aromatic N) is 3. The van der Waals surface area contributed by atoms with Gasteiger partial charge in [-0.3, -0.25) is 0 Å². The SMILES string of the molecule is CCCn1nncc1C(C)(C)CCNC. The molecule has 0 amide bonds. The number of hydrogen-bond donors (Lipinski definition) is 1. The highest BCUT2D eigenvalue weighted by Crippen LogP contribution is 2.25. The van der Waals surface area contributed by atoms with E-state index in [2.05, 4.69) is 36.4 Å². The standard InChI is InChI=1S/C11H22N4/c1-5-8-15-10(9-13-14-15)11(2,3)6-7-12-4/h9,12H,5-8H2,1-4H3. The average Bonchev–Trinajstić information content (AvgIpc) is 2.64. The molecule has 1 rings (SSSR count). The van der Waals surface area contributed by atoms with Crippen molar-refractivity contribution in [3.05, 3.63) is 11.9 Å². The van der Waals surface area contributed by atoms with E-state index in [-0.39, 0.29) is 5.41 Å². The van der Waals surface area contributed by atoms with Gasteiger partial charge in [0.15, 0.2) is 0 Å². The molecule has 0 spiro atoms. The second-order valence-corrected chi connectivity index (χ2v) is 4.58. The van der Waals surface area contributed by atoms with E-state index in [1.54, 1.807) is 0 Å². The number of hydrogen-bond acceptors (Lipinski definition) is 3. The Morgan fingerprint density at radius 1 is 1.47 bits per heavy atom. The quantitative estimate of drug-likeness (QED) is 0.775. The van der Waals surface area contributed by atoms with Crippen molar-refractivity contribution in [2.75, 3.05) is 13.6 Å². The van der Waals surface area contributed by atoms with Crippen LogP contribution in [0, 0.1) is 0 Å². The van der Waals surface area contributed by atoms with Crippen molar-refractivity contribution < 1.29 is 0 Å². The highest BCUT2D eigenvalue weighted by atomic mass is 15.4. The Labute approximate surface area is 92.1 Å². The molecule has 0 aliphatic rings. The molecule has 0 bridgehead atoms. The van der Waals surface area contributed by atoms with Crippen LogP contribution in [0.1, 0.15) is 39.3 Å². The molecular formula is C11H22N4. The van der Waals surface area contributed by atoms with Gasteiger partial charge in [-0.15, -0.1) is 5.10 Å².